The number of hydrogen-bond acceptors (Lipinski definition) is 2. The largest absolute Gasteiger partial charge is 0.337 e. The standard InChI is InChI=1S/C40H36N2/c1-5-13-31(14-6-1)41(32-15-7-2-8-16-32)37-27-23-29-22-26-36-38(28-24-30-21-25-35(37)39(29)40(30)36)42(33-17-9-3-10-18-33)34-19-11-4-12-20-34/h1-7,9-11,13-15,17,19,22-24,26-28,33H,8,12,16,18,20-21,25H2. The van der Waals surface area contributed by atoms with Crippen LogP contribution in [0.2, 0.25) is 0 Å². The highest BCUT2D eigenvalue weighted by molar-refractivity contribution is 6.16. The van der Waals surface area contributed by atoms with E-state index in [1.807, 2.05) is 0 Å². The number of para-hydroxylation sites is 1. The molecule has 0 aromatic heterocycles. The van der Waals surface area contributed by atoms with E-state index in [0.29, 0.717) is 6.04 Å². The third-order valence-electron chi connectivity index (χ3n) is 9.34. The highest BCUT2D eigenvalue weighted by Crippen LogP contribution is 2.46. The predicted octanol–water partition coefficient (Wildman–Crippen LogP) is 10.4. The summed E-state index contributed by atoms with van der Waals surface area (Å²) in [7, 11) is 0. The molecule has 0 bridgehead atoms. The summed E-state index contributed by atoms with van der Waals surface area (Å²) in [5.41, 5.74) is 9.64. The van der Waals surface area contributed by atoms with Crippen LogP contribution in [0.25, 0.3) is 21.5 Å². The van der Waals surface area contributed by atoms with E-state index in [0.717, 1.165) is 44.9 Å². The van der Waals surface area contributed by atoms with E-state index in [9.17, 15) is 0 Å². The molecule has 0 radical (unpaired) electrons. The summed E-state index contributed by atoms with van der Waals surface area (Å²) in [5, 5.41) is 5.61. The first-order valence-corrected chi connectivity index (χ1v) is 15.6. The Morgan fingerprint density at radius 2 is 1.38 bits per heavy atom. The fourth-order valence-corrected chi connectivity index (χ4v) is 7.43. The lowest BCUT2D eigenvalue weighted by molar-refractivity contribution is 0.722. The molecular formula is C40H36N2. The van der Waals surface area contributed by atoms with Gasteiger partial charge in [0, 0.05) is 33.8 Å². The summed E-state index contributed by atoms with van der Waals surface area (Å²) >= 11 is 0. The summed E-state index contributed by atoms with van der Waals surface area (Å²) in [4.78, 5) is 5.15. The van der Waals surface area contributed by atoms with Gasteiger partial charge in [-0.25, -0.2) is 0 Å². The van der Waals surface area contributed by atoms with Crippen LogP contribution in [-0.2, 0) is 12.8 Å². The zero-order valence-corrected chi connectivity index (χ0v) is 24.0. The van der Waals surface area contributed by atoms with Gasteiger partial charge in [0.25, 0.3) is 0 Å². The van der Waals surface area contributed by atoms with Gasteiger partial charge in [0.2, 0.25) is 0 Å². The molecule has 206 valence electrons. The topological polar surface area (TPSA) is 6.48 Å². The molecular weight excluding hydrogens is 508 g/mol. The average molecular weight is 545 g/mol. The number of anilines is 3. The van der Waals surface area contributed by atoms with Crippen LogP contribution < -0.4 is 9.80 Å². The van der Waals surface area contributed by atoms with E-state index in [1.165, 1.54) is 61.1 Å². The molecule has 4 aliphatic rings. The molecule has 0 N–H and O–H groups in total. The predicted molar refractivity (Wildman–Crippen MR) is 180 cm³/mol. The van der Waals surface area contributed by atoms with E-state index in [-0.39, 0.29) is 0 Å². The van der Waals surface area contributed by atoms with Crippen LogP contribution >= 0.6 is 0 Å². The highest BCUT2D eigenvalue weighted by Gasteiger charge is 2.27. The van der Waals surface area contributed by atoms with Crippen molar-refractivity contribution in [2.24, 2.45) is 0 Å². The molecule has 4 aromatic rings. The van der Waals surface area contributed by atoms with E-state index in [1.54, 1.807) is 0 Å². The number of benzene rings is 4. The van der Waals surface area contributed by atoms with Crippen molar-refractivity contribution in [3.05, 3.63) is 150 Å². The van der Waals surface area contributed by atoms with Crippen LogP contribution in [0.5, 0.6) is 0 Å². The molecule has 8 rings (SSSR count). The van der Waals surface area contributed by atoms with E-state index < -0.39 is 0 Å². The Morgan fingerprint density at radius 3 is 2.14 bits per heavy atom. The summed E-state index contributed by atoms with van der Waals surface area (Å²) in [6, 6.07) is 25.6. The monoisotopic (exact) mass is 544 g/mol. The van der Waals surface area contributed by atoms with Crippen LogP contribution in [-0.4, -0.2) is 6.04 Å². The van der Waals surface area contributed by atoms with Gasteiger partial charge in [-0.3, -0.25) is 0 Å². The molecule has 0 heterocycles. The second kappa shape index (κ2) is 10.7. The summed E-state index contributed by atoms with van der Waals surface area (Å²) in [5.74, 6) is 0. The SMILES string of the molecule is C1=CCCC(N(c2ccccc2)c2ccc3ccc4c(N(C5=CC=CCC5)C5C=CC=CC5)ccc5c4c3c2CC5)=C1. The van der Waals surface area contributed by atoms with Gasteiger partial charge in [-0.15, -0.1) is 0 Å². The molecule has 0 spiro atoms. The smallest absolute Gasteiger partial charge is 0.0556 e. The second-order valence-corrected chi connectivity index (χ2v) is 11.8. The van der Waals surface area contributed by atoms with E-state index in [4.69, 9.17) is 0 Å². The van der Waals surface area contributed by atoms with Gasteiger partial charge in [0.05, 0.1) is 6.04 Å². The third-order valence-corrected chi connectivity index (χ3v) is 9.34. The maximum atomic E-state index is 2.63. The van der Waals surface area contributed by atoms with E-state index >= 15 is 0 Å². The van der Waals surface area contributed by atoms with Crippen molar-refractivity contribution < 1.29 is 0 Å². The van der Waals surface area contributed by atoms with Gasteiger partial charge < -0.3 is 9.80 Å². The normalized spacial score (nSPS) is 18.9. The summed E-state index contributed by atoms with van der Waals surface area (Å²) < 4.78 is 0. The van der Waals surface area contributed by atoms with Gasteiger partial charge in [0.1, 0.15) is 0 Å². The Bertz CT molecular complexity index is 1860. The summed E-state index contributed by atoms with van der Waals surface area (Å²) in [6.45, 7) is 0. The maximum Gasteiger partial charge on any atom is 0.0556 e. The minimum atomic E-state index is 0.325. The molecule has 0 fully saturated rings. The molecule has 1 unspecified atom stereocenters. The Hall–Kier alpha value is -4.56. The third kappa shape index (κ3) is 4.25. The van der Waals surface area contributed by atoms with Crippen molar-refractivity contribution in [1.29, 1.82) is 0 Å². The van der Waals surface area contributed by atoms with Gasteiger partial charge in [-0.1, -0.05) is 91.1 Å². The molecule has 2 nitrogen and oxygen atoms in total. The minimum Gasteiger partial charge on any atom is -0.337 e. The lowest BCUT2D eigenvalue weighted by Gasteiger charge is -2.37. The van der Waals surface area contributed by atoms with Gasteiger partial charge in [-0.05, 0) is 109 Å². The average Bonchev–Trinajstić information content (AvgIpc) is 3.07. The Kier molecular flexibility index (Phi) is 6.41. The number of rotatable bonds is 6. The Morgan fingerprint density at radius 1 is 0.595 bits per heavy atom. The molecule has 0 saturated heterocycles. The zero-order valence-electron chi connectivity index (χ0n) is 24.0. The van der Waals surface area contributed by atoms with E-state index in [2.05, 4.69) is 137 Å². The number of hydrogen-bond donors (Lipinski definition) is 0. The van der Waals surface area contributed by atoms with Crippen molar-refractivity contribution in [3.8, 4) is 0 Å². The van der Waals surface area contributed by atoms with Crippen LogP contribution in [0.4, 0.5) is 17.1 Å². The number of aryl methyl sites for hydroxylation is 2. The first-order valence-electron chi connectivity index (χ1n) is 15.6. The Labute approximate surface area is 249 Å². The summed E-state index contributed by atoms with van der Waals surface area (Å²) in [6.07, 6.45) is 30.2. The molecule has 42 heavy (non-hydrogen) atoms. The quantitative estimate of drug-likeness (QED) is 0.223. The zero-order chi connectivity index (χ0) is 27.9. The molecule has 1 atom stereocenters. The first-order chi connectivity index (χ1) is 20.9. The first kappa shape index (κ1) is 25.2. The van der Waals surface area contributed by atoms with Crippen molar-refractivity contribution in [3.63, 3.8) is 0 Å². The second-order valence-electron chi connectivity index (χ2n) is 11.8. The molecule has 4 aliphatic carbocycles. The van der Waals surface area contributed by atoms with Gasteiger partial charge in [0.15, 0.2) is 0 Å². The molecule has 0 aliphatic heterocycles. The maximum absolute atomic E-state index is 2.63. The van der Waals surface area contributed by atoms with Crippen LogP contribution in [0.15, 0.2) is 139 Å². The molecule has 0 amide bonds. The highest BCUT2D eigenvalue weighted by atomic mass is 15.2. The number of allylic oxidation sites excluding steroid dienone is 10. The van der Waals surface area contributed by atoms with Crippen molar-refractivity contribution >= 4 is 38.6 Å². The molecule has 0 saturated carbocycles. The van der Waals surface area contributed by atoms with Gasteiger partial charge >= 0.3 is 0 Å². The lowest BCUT2D eigenvalue weighted by Crippen LogP contribution is -2.34. The van der Waals surface area contributed by atoms with Crippen LogP contribution in [0.3, 0.4) is 0 Å². The fraction of sp³-hybridized carbons (Fsp3) is 0.200. The fourth-order valence-electron chi connectivity index (χ4n) is 7.43. The van der Waals surface area contributed by atoms with Gasteiger partial charge in [-0.2, -0.15) is 0 Å². The minimum absolute atomic E-state index is 0.325. The van der Waals surface area contributed by atoms with Crippen LogP contribution in [0.1, 0.15) is 43.2 Å². The lowest BCUT2D eigenvalue weighted by atomic mass is 9.84. The molecule has 4 aromatic carbocycles. The molecule has 2 heteroatoms. The van der Waals surface area contributed by atoms with Crippen molar-refractivity contribution in [2.45, 2.75) is 51.0 Å². The number of nitrogens with zero attached hydrogens (tertiary/aromatic N) is 2. The van der Waals surface area contributed by atoms with Crippen molar-refractivity contribution in [1.82, 2.24) is 0 Å². The van der Waals surface area contributed by atoms with Crippen molar-refractivity contribution in [2.75, 3.05) is 9.80 Å². The Balaban J connectivity index is 1.36. The van der Waals surface area contributed by atoms with Crippen LogP contribution in [0, 0.1) is 0 Å².